The highest BCUT2D eigenvalue weighted by molar-refractivity contribution is 5.89. The summed E-state index contributed by atoms with van der Waals surface area (Å²) < 4.78 is 10.8. The van der Waals surface area contributed by atoms with Gasteiger partial charge in [0.15, 0.2) is 0 Å². The van der Waals surface area contributed by atoms with Gasteiger partial charge in [0.2, 0.25) is 0 Å². The lowest BCUT2D eigenvalue weighted by molar-refractivity contribution is 0.190. The monoisotopic (exact) mass is 423 g/mol. The minimum atomic E-state index is -0.0357. The first-order chi connectivity index (χ1) is 14.9. The Kier molecular flexibility index (Phi) is 5.99. The molecule has 2 aromatic carbocycles. The zero-order valence-electron chi connectivity index (χ0n) is 18.9. The molecule has 2 atom stereocenters. The van der Waals surface area contributed by atoms with Gasteiger partial charge in [-0.1, -0.05) is 13.8 Å². The zero-order valence-corrected chi connectivity index (χ0v) is 18.9. The van der Waals surface area contributed by atoms with Crippen LogP contribution in [-0.2, 0) is 0 Å². The van der Waals surface area contributed by atoms with Crippen LogP contribution in [0, 0.1) is 11.3 Å². The number of fused-ring (bicyclic) bond motifs is 4. The van der Waals surface area contributed by atoms with Gasteiger partial charge in [-0.05, 0) is 73.2 Å². The van der Waals surface area contributed by atoms with E-state index in [1.54, 1.807) is 7.11 Å². The van der Waals surface area contributed by atoms with Crippen molar-refractivity contribution in [2.75, 3.05) is 43.6 Å². The molecule has 0 aromatic heterocycles. The summed E-state index contributed by atoms with van der Waals surface area (Å²) in [5, 5.41) is 3.06. The molecule has 6 heteroatoms. The third kappa shape index (κ3) is 4.58. The molecule has 0 radical (unpaired) electrons. The van der Waals surface area contributed by atoms with Crippen LogP contribution in [-0.4, -0.2) is 50.3 Å². The van der Waals surface area contributed by atoms with Gasteiger partial charge in [-0.15, -0.1) is 0 Å². The number of rotatable bonds is 5. The Labute approximate surface area is 185 Å². The largest absolute Gasteiger partial charge is 0.497 e. The van der Waals surface area contributed by atoms with Crippen molar-refractivity contribution in [3.05, 3.63) is 48.5 Å². The fraction of sp³-hybridized carbons (Fsp3) is 0.480. The predicted octanol–water partition coefficient (Wildman–Crippen LogP) is 4.86. The number of benzene rings is 2. The van der Waals surface area contributed by atoms with Gasteiger partial charge in [0.05, 0.1) is 19.8 Å². The first-order valence-electron chi connectivity index (χ1n) is 11.1. The molecule has 3 fully saturated rings. The first kappa shape index (κ1) is 21.3. The van der Waals surface area contributed by atoms with Crippen molar-refractivity contribution in [1.82, 2.24) is 4.90 Å². The maximum atomic E-state index is 13.1. The third-order valence-corrected chi connectivity index (χ3v) is 6.53. The summed E-state index contributed by atoms with van der Waals surface area (Å²) in [5.74, 6) is 2.10. The van der Waals surface area contributed by atoms with Gasteiger partial charge >= 0.3 is 6.03 Å². The lowest BCUT2D eigenvalue weighted by Crippen LogP contribution is -2.54. The number of carbonyl (C=O) groups excluding carboxylic acids is 1. The van der Waals surface area contributed by atoms with Crippen LogP contribution in [0.25, 0.3) is 0 Å². The van der Waals surface area contributed by atoms with E-state index in [0.29, 0.717) is 19.1 Å². The number of nitrogens with one attached hydrogen (secondary N) is 1. The van der Waals surface area contributed by atoms with Crippen LogP contribution >= 0.6 is 0 Å². The second-order valence-corrected chi connectivity index (χ2v) is 9.22. The Balaban J connectivity index is 1.51. The molecule has 3 heterocycles. The highest BCUT2D eigenvalue weighted by atomic mass is 16.5. The van der Waals surface area contributed by atoms with E-state index in [-0.39, 0.29) is 17.5 Å². The van der Waals surface area contributed by atoms with Gasteiger partial charge in [0, 0.05) is 31.0 Å². The maximum Gasteiger partial charge on any atom is 0.321 e. The van der Waals surface area contributed by atoms with Crippen molar-refractivity contribution in [2.24, 2.45) is 11.3 Å². The van der Waals surface area contributed by atoms with E-state index in [0.717, 1.165) is 36.7 Å². The minimum absolute atomic E-state index is 0.0357. The lowest BCUT2D eigenvalue weighted by Gasteiger charge is -2.48. The molecule has 0 aliphatic carbocycles. The average molecular weight is 424 g/mol. The normalized spacial score (nSPS) is 22.1. The van der Waals surface area contributed by atoms with Crippen LogP contribution < -0.4 is 19.7 Å². The van der Waals surface area contributed by atoms with Gasteiger partial charge in [0.25, 0.3) is 0 Å². The summed E-state index contributed by atoms with van der Waals surface area (Å²) in [4.78, 5) is 17.6. The van der Waals surface area contributed by atoms with E-state index in [9.17, 15) is 4.79 Å². The van der Waals surface area contributed by atoms with Crippen LogP contribution in [0.2, 0.25) is 0 Å². The van der Waals surface area contributed by atoms with Gasteiger partial charge < -0.3 is 24.6 Å². The number of ether oxygens (including phenoxy) is 2. The molecule has 0 saturated carbocycles. The first-order valence-corrected chi connectivity index (χ1v) is 11.1. The highest BCUT2D eigenvalue weighted by Crippen LogP contribution is 2.43. The van der Waals surface area contributed by atoms with Crippen molar-refractivity contribution < 1.29 is 14.3 Å². The Bertz CT molecular complexity index is 895. The Hall–Kier alpha value is -2.89. The van der Waals surface area contributed by atoms with Crippen LogP contribution in [0.3, 0.4) is 0 Å². The predicted molar refractivity (Wildman–Crippen MR) is 124 cm³/mol. The number of amides is 2. The number of hydrogen-bond donors (Lipinski definition) is 1. The molecular formula is C25H33N3O3. The van der Waals surface area contributed by atoms with E-state index in [1.165, 1.54) is 5.69 Å². The number of carbonyl (C=O) groups is 1. The molecule has 3 saturated heterocycles. The van der Waals surface area contributed by atoms with E-state index in [4.69, 9.17) is 9.47 Å². The fourth-order valence-corrected chi connectivity index (χ4v) is 5.06. The third-order valence-electron chi connectivity index (χ3n) is 6.53. The average Bonchev–Trinajstić information content (AvgIpc) is 3.02. The van der Waals surface area contributed by atoms with E-state index in [2.05, 4.69) is 36.2 Å². The number of anilines is 2. The maximum absolute atomic E-state index is 13.1. The van der Waals surface area contributed by atoms with Gasteiger partial charge in [-0.2, -0.15) is 0 Å². The number of urea groups is 1. The molecule has 0 spiro atoms. The van der Waals surface area contributed by atoms with Crippen molar-refractivity contribution in [2.45, 2.75) is 33.2 Å². The molecule has 31 heavy (non-hydrogen) atoms. The molecule has 1 N–H and O–H groups in total. The topological polar surface area (TPSA) is 54.0 Å². The van der Waals surface area contributed by atoms with Crippen molar-refractivity contribution in [1.29, 1.82) is 0 Å². The number of piperidine rings is 1. The minimum Gasteiger partial charge on any atom is -0.497 e. The smallest absolute Gasteiger partial charge is 0.321 e. The molecule has 2 bridgehead atoms. The molecule has 3 aliphatic rings. The van der Waals surface area contributed by atoms with Gasteiger partial charge in [0.1, 0.15) is 11.5 Å². The Morgan fingerprint density at radius 2 is 1.71 bits per heavy atom. The molecule has 6 nitrogen and oxygen atoms in total. The summed E-state index contributed by atoms with van der Waals surface area (Å²) in [5.41, 5.74) is 2.10. The van der Waals surface area contributed by atoms with Crippen LogP contribution in [0.4, 0.5) is 16.2 Å². The SMILES string of the molecule is CCOc1ccc(N2C[C@H]3CN(C(=O)Nc4ccc(OC)cc4)C[C@@H]2C(C)(C)C3)cc1. The molecule has 166 valence electrons. The van der Waals surface area contributed by atoms with Crippen molar-refractivity contribution in [3.8, 4) is 11.5 Å². The molecule has 3 aliphatic heterocycles. The fourth-order valence-electron chi connectivity index (χ4n) is 5.06. The molecule has 0 unspecified atom stereocenters. The molecule has 2 amide bonds. The summed E-state index contributed by atoms with van der Waals surface area (Å²) in [6.45, 7) is 9.77. The Morgan fingerprint density at radius 3 is 2.35 bits per heavy atom. The van der Waals surface area contributed by atoms with E-state index >= 15 is 0 Å². The van der Waals surface area contributed by atoms with Crippen molar-refractivity contribution >= 4 is 17.4 Å². The van der Waals surface area contributed by atoms with Crippen LogP contribution in [0.5, 0.6) is 11.5 Å². The second kappa shape index (κ2) is 8.69. The molecular weight excluding hydrogens is 390 g/mol. The van der Waals surface area contributed by atoms with E-state index in [1.807, 2.05) is 48.2 Å². The molecule has 5 rings (SSSR count). The number of methoxy groups -OCH3 is 1. The second-order valence-electron chi connectivity index (χ2n) is 9.22. The van der Waals surface area contributed by atoms with Gasteiger partial charge in [-0.3, -0.25) is 0 Å². The molecule has 2 aromatic rings. The summed E-state index contributed by atoms with van der Waals surface area (Å²) in [6, 6.07) is 16.1. The van der Waals surface area contributed by atoms with Gasteiger partial charge in [-0.25, -0.2) is 4.79 Å². The zero-order chi connectivity index (χ0) is 22.0. The standard InChI is InChI=1S/C25H33N3O3/c1-5-31-22-12-8-20(9-13-22)28-16-18-14-25(2,3)23(28)17-27(15-18)24(29)26-19-6-10-21(30-4)11-7-19/h6-13,18,23H,5,14-17H2,1-4H3,(H,26,29)/t18-,23-/m1/s1. The van der Waals surface area contributed by atoms with Crippen LogP contribution in [0.1, 0.15) is 27.2 Å². The number of nitrogens with zero attached hydrogens (tertiary/aromatic N) is 2. The Morgan fingerprint density at radius 1 is 1.03 bits per heavy atom. The number of hydrogen-bond acceptors (Lipinski definition) is 4. The van der Waals surface area contributed by atoms with Crippen LogP contribution in [0.15, 0.2) is 48.5 Å². The van der Waals surface area contributed by atoms with E-state index < -0.39 is 0 Å². The van der Waals surface area contributed by atoms with Crippen molar-refractivity contribution in [3.63, 3.8) is 0 Å². The highest BCUT2D eigenvalue weighted by Gasteiger charge is 2.46. The summed E-state index contributed by atoms with van der Waals surface area (Å²) in [6.07, 6.45) is 1.12. The summed E-state index contributed by atoms with van der Waals surface area (Å²) in [7, 11) is 1.64. The lowest BCUT2D eigenvalue weighted by atomic mass is 9.73. The quantitative estimate of drug-likeness (QED) is 0.746. The summed E-state index contributed by atoms with van der Waals surface area (Å²) >= 11 is 0.